The third-order valence-electron chi connectivity index (χ3n) is 3.69. The van der Waals surface area contributed by atoms with Gasteiger partial charge in [-0.05, 0) is 39.1 Å². The summed E-state index contributed by atoms with van der Waals surface area (Å²) in [6.07, 6.45) is 2.36. The third kappa shape index (κ3) is 5.76. The molecule has 1 aromatic carbocycles. The summed E-state index contributed by atoms with van der Waals surface area (Å²) < 4.78 is 1.62. The van der Waals surface area contributed by atoms with E-state index in [1.165, 1.54) is 11.8 Å². The zero-order valence-corrected chi connectivity index (χ0v) is 16.6. The second-order valence-corrected chi connectivity index (χ2v) is 6.99. The number of nitrogens with zero attached hydrogens (tertiary/aromatic N) is 3. The summed E-state index contributed by atoms with van der Waals surface area (Å²) in [6.45, 7) is 2.93. The molecule has 0 aliphatic rings. The lowest BCUT2D eigenvalue weighted by Gasteiger charge is -2.15. The Morgan fingerprint density at radius 3 is 2.52 bits per heavy atom. The Labute approximate surface area is 159 Å². The number of thioether (sulfide) groups is 1. The number of halogens is 1. The van der Waals surface area contributed by atoms with Gasteiger partial charge in [0.2, 0.25) is 5.88 Å². The van der Waals surface area contributed by atoms with Crippen molar-refractivity contribution in [2.45, 2.75) is 31.3 Å². The highest BCUT2D eigenvalue weighted by Gasteiger charge is 2.17. The summed E-state index contributed by atoms with van der Waals surface area (Å²) in [4.78, 5) is 19.4. The first-order valence-corrected chi connectivity index (χ1v) is 9.21. The molecule has 25 heavy (non-hydrogen) atoms. The Hall–Kier alpha value is -1.50. The molecular formula is C18H26ClN3O2S. The molecule has 0 saturated heterocycles. The summed E-state index contributed by atoms with van der Waals surface area (Å²) in [7, 11) is 4.01. The molecule has 0 unspecified atom stereocenters. The zero-order valence-electron chi connectivity index (χ0n) is 14.9. The van der Waals surface area contributed by atoms with Crippen LogP contribution in [0.25, 0.3) is 5.69 Å². The van der Waals surface area contributed by atoms with Crippen molar-refractivity contribution in [3.8, 4) is 11.6 Å². The van der Waals surface area contributed by atoms with Gasteiger partial charge < -0.3 is 10.0 Å². The predicted octanol–water partition coefficient (Wildman–Crippen LogP) is 3.36. The van der Waals surface area contributed by atoms with Gasteiger partial charge in [-0.25, -0.2) is 0 Å². The van der Waals surface area contributed by atoms with Gasteiger partial charge in [0.15, 0.2) is 5.16 Å². The van der Waals surface area contributed by atoms with Gasteiger partial charge in [-0.3, -0.25) is 9.36 Å². The van der Waals surface area contributed by atoms with Gasteiger partial charge in [-0.1, -0.05) is 43.3 Å². The summed E-state index contributed by atoms with van der Waals surface area (Å²) in [6, 6.07) is 9.49. The van der Waals surface area contributed by atoms with E-state index in [-0.39, 0.29) is 23.8 Å². The molecule has 0 atom stereocenters. The fourth-order valence-electron chi connectivity index (χ4n) is 2.32. The average Bonchev–Trinajstić information content (AvgIpc) is 2.55. The highest BCUT2D eigenvalue weighted by Crippen LogP contribution is 2.23. The Kier molecular flexibility index (Phi) is 9.03. The first kappa shape index (κ1) is 21.5. The minimum atomic E-state index is -0.172. The van der Waals surface area contributed by atoms with Crippen LogP contribution in [0.4, 0.5) is 0 Å². The van der Waals surface area contributed by atoms with Crippen LogP contribution in [-0.2, 0) is 6.42 Å². The minimum Gasteiger partial charge on any atom is -0.493 e. The van der Waals surface area contributed by atoms with Crippen LogP contribution < -0.4 is 5.56 Å². The van der Waals surface area contributed by atoms with Crippen molar-refractivity contribution in [1.29, 1.82) is 0 Å². The average molecular weight is 384 g/mol. The van der Waals surface area contributed by atoms with Crippen molar-refractivity contribution in [2.24, 2.45) is 0 Å². The lowest BCUT2D eigenvalue weighted by atomic mass is 10.1. The maximum Gasteiger partial charge on any atom is 0.265 e. The summed E-state index contributed by atoms with van der Waals surface area (Å²) in [5, 5.41) is 10.8. The van der Waals surface area contributed by atoms with Gasteiger partial charge in [0, 0.05) is 12.3 Å². The monoisotopic (exact) mass is 383 g/mol. The Morgan fingerprint density at radius 1 is 1.24 bits per heavy atom. The lowest BCUT2D eigenvalue weighted by molar-refractivity contribution is 0.429. The van der Waals surface area contributed by atoms with E-state index in [0.717, 1.165) is 30.8 Å². The van der Waals surface area contributed by atoms with Crippen LogP contribution in [0.1, 0.15) is 25.3 Å². The molecule has 2 rings (SSSR count). The highest BCUT2D eigenvalue weighted by molar-refractivity contribution is 7.99. The van der Waals surface area contributed by atoms with Crippen molar-refractivity contribution in [3.63, 3.8) is 0 Å². The van der Waals surface area contributed by atoms with Crippen LogP contribution in [0.3, 0.4) is 0 Å². The van der Waals surface area contributed by atoms with Gasteiger partial charge in [0.25, 0.3) is 5.56 Å². The number of hydrogen-bond acceptors (Lipinski definition) is 5. The normalized spacial score (nSPS) is 10.7. The summed E-state index contributed by atoms with van der Waals surface area (Å²) in [5.41, 5.74) is 1.01. The van der Waals surface area contributed by atoms with Crippen LogP contribution in [0.15, 0.2) is 40.3 Å². The fraction of sp³-hybridized carbons (Fsp3) is 0.444. The Balaban J connectivity index is 0.00000312. The van der Waals surface area contributed by atoms with E-state index in [1.807, 2.05) is 44.4 Å². The van der Waals surface area contributed by atoms with Crippen LogP contribution in [-0.4, -0.2) is 46.0 Å². The van der Waals surface area contributed by atoms with E-state index in [1.54, 1.807) is 4.57 Å². The largest absolute Gasteiger partial charge is 0.493 e. The van der Waals surface area contributed by atoms with Crippen molar-refractivity contribution >= 4 is 24.2 Å². The van der Waals surface area contributed by atoms with Crippen LogP contribution in [0.2, 0.25) is 0 Å². The molecule has 0 radical (unpaired) electrons. The standard InChI is InChI=1S/C18H25N3O2S.ClH/c1-4-5-11-15-16(22)19-18(24-13-12-20(2)3)21(17(15)23)14-9-7-6-8-10-14;/h6-10,22H,4-5,11-13H2,1-3H3;1H. The minimum absolute atomic E-state index is 0. The molecule has 0 aliphatic carbocycles. The van der Waals surface area contributed by atoms with Crippen LogP contribution in [0, 0.1) is 0 Å². The molecule has 138 valence electrons. The number of aromatic hydroxyl groups is 1. The molecule has 0 bridgehead atoms. The quantitative estimate of drug-likeness (QED) is 0.559. The first-order valence-electron chi connectivity index (χ1n) is 8.22. The van der Waals surface area contributed by atoms with Crippen LogP contribution in [0.5, 0.6) is 5.88 Å². The van der Waals surface area contributed by atoms with Crippen molar-refractivity contribution < 1.29 is 5.11 Å². The van der Waals surface area contributed by atoms with Gasteiger partial charge in [-0.15, -0.1) is 12.4 Å². The number of benzene rings is 1. The Morgan fingerprint density at radius 2 is 1.92 bits per heavy atom. The molecule has 1 N–H and O–H groups in total. The van der Waals surface area contributed by atoms with E-state index in [4.69, 9.17) is 0 Å². The topological polar surface area (TPSA) is 58.4 Å². The Bertz CT molecular complexity index is 720. The molecule has 0 spiro atoms. The van der Waals surface area contributed by atoms with Gasteiger partial charge in [-0.2, -0.15) is 4.98 Å². The third-order valence-corrected chi connectivity index (χ3v) is 4.61. The molecule has 0 aliphatic heterocycles. The number of unbranched alkanes of at least 4 members (excludes halogenated alkanes) is 1. The molecule has 5 nitrogen and oxygen atoms in total. The number of rotatable bonds is 8. The predicted molar refractivity (Wildman–Crippen MR) is 107 cm³/mol. The summed E-state index contributed by atoms with van der Waals surface area (Å²) in [5.74, 6) is 0.660. The fourth-order valence-corrected chi connectivity index (χ4v) is 3.43. The van der Waals surface area contributed by atoms with E-state index in [2.05, 4.69) is 16.8 Å². The van der Waals surface area contributed by atoms with E-state index < -0.39 is 0 Å². The molecule has 2 aromatic rings. The number of hydrogen-bond donors (Lipinski definition) is 1. The molecular weight excluding hydrogens is 358 g/mol. The smallest absolute Gasteiger partial charge is 0.265 e. The molecule has 0 amide bonds. The molecule has 1 aromatic heterocycles. The maximum absolute atomic E-state index is 13.0. The molecule has 7 heteroatoms. The molecule has 0 fully saturated rings. The van der Waals surface area contributed by atoms with Crippen molar-refractivity contribution in [2.75, 3.05) is 26.4 Å². The second kappa shape index (κ2) is 10.5. The molecule has 0 saturated carbocycles. The van der Waals surface area contributed by atoms with Crippen LogP contribution >= 0.6 is 24.2 Å². The number of para-hydroxylation sites is 1. The highest BCUT2D eigenvalue weighted by atomic mass is 35.5. The van der Waals surface area contributed by atoms with E-state index in [0.29, 0.717) is 17.1 Å². The lowest BCUT2D eigenvalue weighted by Crippen LogP contribution is -2.26. The SMILES string of the molecule is CCCCc1c(O)nc(SCCN(C)C)n(-c2ccccc2)c1=O.Cl. The number of aromatic nitrogens is 2. The zero-order chi connectivity index (χ0) is 17.5. The van der Waals surface area contributed by atoms with Gasteiger partial charge in [0.05, 0.1) is 11.3 Å². The maximum atomic E-state index is 13.0. The van der Waals surface area contributed by atoms with E-state index >= 15 is 0 Å². The van der Waals surface area contributed by atoms with Gasteiger partial charge >= 0.3 is 0 Å². The summed E-state index contributed by atoms with van der Waals surface area (Å²) >= 11 is 1.48. The second-order valence-electron chi connectivity index (χ2n) is 5.93. The van der Waals surface area contributed by atoms with Gasteiger partial charge in [0.1, 0.15) is 0 Å². The van der Waals surface area contributed by atoms with Crippen molar-refractivity contribution in [3.05, 3.63) is 46.2 Å². The van der Waals surface area contributed by atoms with Crippen molar-refractivity contribution in [1.82, 2.24) is 14.5 Å². The van der Waals surface area contributed by atoms with E-state index in [9.17, 15) is 9.90 Å². The molecule has 1 heterocycles. The first-order chi connectivity index (χ1) is 11.5.